The Kier molecular flexibility index (Phi) is 7.33. The molecule has 1 amide bonds. The fourth-order valence-electron chi connectivity index (χ4n) is 2.36. The molecule has 26 heavy (non-hydrogen) atoms. The van der Waals surface area contributed by atoms with Gasteiger partial charge in [-0.2, -0.15) is 0 Å². The lowest BCUT2D eigenvalue weighted by molar-refractivity contribution is -0.119. The lowest BCUT2D eigenvalue weighted by Crippen LogP contribution is -2.22. The summed E-state index contributed by atoms with van der Waals surface area (Å²) in [4.78, 5) is 24.4. The van der Waals surface area contributed by atoms with Crippen molar-refractivity contribution in [2.24, 2.45) is 0 Å². The van der Waals surface area contributed by atoms with E-state index in [1.807, 2.05) is 24.3 Å². The zero-order chi connectivity index (χ0) is 19.3. The number of esters is 1. The fraction of sp³-hybridized carbons (Fsp3) is 0.263. The fourth-order valence-corrected chi connectivity index (χ4v) is 3.05. The van der Waals surface area contributed by atoms with Crippen molar-refractivity contribution in [1.29, 1.82) is 0 Å². The number of para-hydroxylation sites is 1. The van der Waals surface area contributed by atoms with E-state index in [0.717, 1.165) is 12.0 Å². The van der Waals surface area contributed by atoms with E-state index in [0.29, 0.717) is 5.69 Å². The lowest BCUT2D eigenvalue weighted by atomic mass is 9.97. The van der Waals surface area contributed by atoms with E-state index in [4.69, 9.17) is 39.5 Å². The predicted octanol–water partition coefficient (Wildman–Crippen LogP) is 5.96. The molecule has 7 heteroatoms. The Morgan fingerprint density at radius 1 is 1.08 bits per heavy atom. The smallest absolute Gasteiger partial charge is 0.341 e. The highest BCUT2D eigenvalue weighted by Gasteiger charge is 2.20. The molecule has 0 radical (unpaired) electrons. The van der Waals surface area contributed by atoms with Crippen molar-refractivity contribution in [2.45, 2.75) is 26.2 Å². The van der Waals surface area contributed by atoms with Crippen LogP contribution >= 0.6 is 34.8 Å². The van der Waals surface area contributed by atoms with Crippen LogP contribution in [0.4, 0.5) is 5.69 Å². The van der Waals surface area contributed by atoms with Gasteiger partial charge in [-0.3, -0.25) is 4.79 Å². The van der Waals surface area contributed by atoms with Gasteiger partial charge in [0.1, 0.15) is 0 Å². The number of benzene rings is 2. The third-order valence-corrected chi connectivity index (χ3v) is 5.08. The number of carbonyl (C=O) groups is 2. The molecule has 1 N–H and O–H groups in total. The molecule has 0 bridgehead atoms. The van der Waals surface area contributed by atoms with Crippen LogP contribution < -0.4 is 5.32 Å². The van der Waals surface area contributed by atoms with Gasteiger partial charge < -0.3 is 10.1 Å². The SMILES string of the molecule is CC[C@H](C)c1ccccc1NC(=O)COC(=O)c1c(Cl)ccc(Cl)c1Cl. The Morgan fingerprint density at radius 3 is 2.42 bits per heavy atom. The first-order valence-electron chi connectivity index (χ1n) is 8.04. The maximum Gasteiger partial charge on any atom is 0.341 e. The molecular weight excluding hydrogens is 397 g/mol. The van der Waals surface area contributed by atoms with E-state index in [2.05, 4.69) is 19.2 Å². The quantitative estimate of drug-likeness (QED) is 0.469. The van der Waals surface area contributed by atoms with Gasteiger partial charge in [0.05, 0.1) is 20.6 Å². The van der Waals surface area contributed by atoms with Gasteiger partial charge in [0.2, 0.25) is 0 Å². The molecule has 0 aliphatic carbocycles. The van der Waals surface area contributed by atoms with Crippen LogP contribution in [0.5, 0.6) is 0 Å². The molecule has 0 aliphatic rings. The van der Waals surface area contributed by atoms with E-state index in [1.54, 1.807) is 0 Å². The number of amides is 1. The zero-order valence-corrected chi connectivity index (χ0v) is 16.6. The van der Waals surface area contributed by atoms with Crippen LogP contribution in [0.3, 0.4) is 0 Å². The molecule has 0 unspecified atom stereocenters. The number of hydrogen-bond acceptors (Lipinski definition) is 3. The molecule has 0 saturated carbocycles. The number of halogens is 3. The molecule has 138 valence electrons. The molecule has 2 aromatic carbocycles. The molecule has 2 aromatic rings. The van der Waals surface area contributed by atoms with Gasteiger partial charge in [-0.15, -0.1) is 0 Å². The summed E-state index contributed by atoms with van der Waals surface area (Å²) in [7, 11) is 0. The van der Waals surface area contributed by atoms with Crippen LogP contribution in [0, 0.1) is 0 Å². The van der Waals surface area contributed by atoms with Crippen molar-refractivity contribution < 1.29 is 14.3 Å². The average molecular weight is 415 g/mol. The van der Waals surface area contributed by atoms with Gasteiger partial charge in [-0.25, -0.2) is 4.79 Å². The van der Waals surface area contributed by atoms with Crippen LogP contribution in [-0.2, 0) is 9.53 Å². The van der Waals surface area contributed by atoms with E-state index in [1.165, 1.54) is 12.1 Å². The molecule has 0 aliphatic heterocycles. The zero-order valence-electron chi connectivity index (χ0n) is 14.3. The first-order chi connectivity index (χ1) is 12.3. The van der Waals surface area contributed by atoms with Crippen LogP contribution in [0.1, 0.15) is 42.1 Å². The van der Waals surface area contributed by atoms with Crippen LogP contribution in [0.15, 0.2) is 36.4 Å². The highest BCUT2D eigenvalue weighted by atomic mass is 35.5. The van der Waals surface area contributed by atoms with Gasteiger partial charge >= 0.3 is 5.97 Å². The summed E-state index contributed by atoms with van der Waals surface area (Å²) in [5.74, 6) is -0.977. The summed E-state index contributed by atoms with van der Waals surface area (Å²) in [6.07, 6.45) is 0.938. The monoisotopic (exact) mass is 413 g/mol. The standard InChI is InChI=1S/C19H18Cl3NO3/c1-3-11(2)12-6-4-5-7-15(12)23-16(24)10-26-19(25)17-13(20)8-9-14(21)18(17)22/h4-9,11H,3,10H2,1-2H3,(H,23,24)/t11-/m0/s1. The Morgan fingerprint density at radius 2 is 1.73 bits per heavy atom. The second-order valence-corrected chi connectivity index (χ2v) is 6.93. The number of rotatable bonds is 6. The minimum atomic E-state index is -0.812. The Hall–Kier alpha value is -1.75. The molecule has 2 rings (SSSR count). The highest BCUT2D eigenvalue weighted by molar-refractivity contribution is 6.46. The molecule has 4 nitrogen and oxygen atoms in total. The molecular formula is C19H18Cl3NO3. The van der Waals surface area contributed by atoms with Gasteiger partial charge in [-0.05, 0) is 36.1 Å². The Labute approximate surface area is 167 Å². The maximum absolute atomic E-state index is 12.2. The van der Waals surface area contributed by atoms with Crippen molar-refractivity contribution in [3.05, 3.63) is 62.6 Å². The van der Waals surface area contributed by atoms with Crippen LogP contribution in [0.25, 0.3) is 0 Å². The number of nitrogens with one attached hydrogen (secondary N) is 1. The lowest BCUT2D eigenvalue weighted by Gasteiger charge is -2.15. The summed E-state index contributed by atoms with van der Waals surface area (Å²) in [6, 6.07) is 10.4. The second kappa shape index (κ2) is 9.26. The van der Waals surface area contributed by atoms with Crippen LogP contribution in [-0.4, -0.2) is 18.5 Å². The van der Waals surface area contributed by atoms with E-state index in [9.17, 15) is 9.59 Å². The Balaban J connectivity index is 2.04. The highest BCUT2D eigenvalue weighted by Crippen LogP contribution is 2.32. The molecule has 0 saturated heterocycles. The number of ether oxygens (including phenoxy) is 1. The minimum absolute atomic E-state index is 0.00769. The number of anilines is 1. The van der Waals surface area contributed by atoms with Gasteiger partial charge in [0.15, 0.2) is 6.61 Å². The number of hydrogen-bond donors (Lipinski definition) is 1. The van der Waals surface area contributed by atoms with Crippen molar-refractivity contribution in [3.8, 4) is 0 Å². The van der Waals surface area contributed by atoms with Crippen molar-refractivity contribution >= 4 is 52.4 Å². The molecule has 1 atom stereocenters. The topological polar surface area (TPSA) is 55.4 Å². The van der Waals surface area contributed by atoms with E-state index >= 15 is 0 Å². The summed E-state index contributed by atoms with van der Waals surface area (Å²) < 4.78 is 5.03. The molecule has 0 heterocycles. The first kappa shape index (κ1) is 20.6. The van der Waals surface area contributed by atoms with Crippen molar-refractivity contribution in [3.63, 3.8) is 0 Å². The maximum atomic E-state index is 12.2. The van der Waals surface area contributed by atoms with E-state index < -0.39 is 18.5 Å². The molecule has 0 spiro atoms. The predicted molar refractivity (Wildman–Crippen MR) is 106 cm³/mol. The van der Waals surface area contributed by atoms with Crippen molar-refractivity contribution in [2.75, 3.05) is 11.9 Å². The summed E-state index contributed by atoms with van der Waals surface area (Å²) >= 11 is 17.8. The van der Waals surface area contributed by atoms with E-state index in [-0.39, 0.29) is 26.5 Å². The molecule has 0 aromatic heterocycles. The Bertz CT molecular complexity index is 824. The third kappa shape index (κ3) is 4.91. The second-order valence-electron chi connectivity index (χ2n) is 5.74. The van der Waals surface area contributed by atoms with Gasteiger partial charge in [0, 0.05) is 5.69 Å². The van der Waals surface area contributed by atoms with Gasteiger partial charge in [-0.1, -0.05) is 66.8 Å². The summed E-state index contributed by atoms with van der Waals surface area (Å²) in [5, 5.41) is 3.04. The minimum Gasteiger partial charge on any atom is -0.452 e. The van der Waals surface area contributed by atoms with Crippen LogP contribution in [0.2, 0.25) is 15.1 Å². The summed E-state index contributed by atoms with van der Waals surface area (Å²) in [5.41, 5.74) is 1.66. The third-order valence-electron chi connectivity index (χ3n) is 3.96. The average Bonchev–Trinajstić information content (AvgIpc) is 2.63. The first-order valence-corrected chi connectivity index (χ1v) is 9.17. The largest absolute Gasteiger partial charge is 0.452 e. The number of carbonyl (C=O) groups excluding carboxylic acids is 2. The van der Waals surface area contributed by atoms with Crippen molar-refractivity contribution in [1.82, 2.24) is 0 Å². The van der Waals surface area contributed by atoms with Gasteiger partial charge in [0.25, 0.3) is 5.91 Å². The summed E-state index contributed by atoms with van der Waals surface area (Å²) in [6.45, 7) is 3.69. The normalized spacial score (nSPS) is 11.7. The molecule has 0 fully saturated rings.